The van der Waals surface area contributed by atoms with Gasteiger partial charge >= 0.3 is 0 Å². The van der Waals surface area contributed by atoms with Crippen LogP contribution in [0.2, 0.25) is 0 Å². The Bertz CT molecular complexity index is 1080. The molecule has 2 aromatic rings. The molecule has 0 bridgehead atoms. The van der Waals surface area contributed by atoms with E-state index in [0.29, 0.717) is 30.0 Å². The second-order valence-electron chi connectivity index (χ2n) is 8.25. The number of hydrogen-bond acceptors (Lipinski definition) is 4. The third kappa shape index (κ3) is 4.60. The second kappa shape index (κ2) is 8.96. The molecule has 1 amide bonds. The fourth-order valence-corrected chi connectivity index (χ4v) is 5.81. The monoisotopic (exact) mass is 445 g/mol. The molecule has 0 saturated carbocycles. The number of piperidine rings is 1. The van der Waals surface area contributed by atoms with E-state index in [-0.39, 0.29) is 4.90 Å². The number of nitrogens with one attached hydrogen (secondary N) is 1. The van der Waals surface area contributed by atoms with Gasteiger partial charge in [0.15, 0.2) is 0 Å². The van der Waals surface area contributed by atoms with Crippen molar-refractivity contribution in [3.8, 4) is 0 Å². The molecule has 2 fully saturated rings. The zero-order chi connectivity index (χ0) is 22.0. The number of rotatable bonds is 5. The molecule has 2 aromatic carbocycles. The van der Waals surface area contributed by atoms with Crippen LogP contribution in [0.3, 0.4) is 0 Å². The van der Waals surface area contributed by atoms with Gasteiger partial charge in [-0.05, 0) is 68.5 Å². The summed E-state index contributed by atoms with van der Waals surface area (Å²) < 4.78 is 41.6. The quantitative estimate of drug-likeness (QED) is 0.750. The maximum Gasteiger partial charge on any atom is 0.257 e. The molecular weight excluding hydrogens is 417 g/mol. The van der Waals surface area contributed by atoms with Crippen LogP contribution in [0.4, 0.5) is 15.8 Å². The van der Waals surface area contributed by atoms with E-state index in [0.717, 1.165) is 50.8 Å². The van der Waals surface area contributed by atoms with Gasteiger partial charge in [-0.3, -0.25) is 4.79 Å². The summed E-state index contributed by atoms with van der Waals surface area (Å²) in [5, 5.41) is 2.78. The highest BCUT2D eigenvalue weighted by molar-refractivity contribution is 7.89. The van der Waals surface area contributed by atoms with Gasteiger partial charge < -0.3 is 10.2 Å². The predicted octanol–water partition coefficient (Wildman–Crippen LogP) is 4.16. The minimum Gasteiger partial charge on any atom is -0.371 e. The van der Waals surface area contributed by atoms with Crippen molar-refractivity contribution >= 4 is 27.3 Å². The zero-order valence-electron chi connectivity index (χ0n) is 17.7. The highest BCUT2D eigenvalue weighted by Gasteiger charge is 2.29. The normalized spacial score (nSPS) is 17.7. The minimum atomic E-state index is -3.67. The van der Waals surface area contributed by atoms with E-state index in [4.69, 9.17) is 0 Å². The molecule has 2 heterocycles. The van der Waals surface area contributed by atoms with Gasteiger partial charge in [0.1, 0.15) is 5.82 Å². The molecule has 8 heteroatoms. The fraction of sp³-hybridized carbons (Fsp3) is 0.435. The third-order valence-electron chi connectivity index (χ3n) is 6.06. The molecule has 6 nitrogen and oxygen atoms in total. The number of carbonyl (C=O) groups is 1. The summed E-state index contributed by atoms with van der Waals surface area (Å²) in [6.07, 6.45) is 4.77. The highest BCUT2D eigenvalue weighted by Crippen LogP contribution is 2.30. The van der Waals surface area contributed by atoms with Crippen molar-refractivity contribution in [1.82, 2.24) is 4.31 Å². The second-order valence-corrected chi connectivity index (χ2v) is 10.2. The van der Waals surface area contributed by atoms with E-state index >= 15 is 0 Å². The van der Waals surface area contributed by atoms with Crippen molar-refractivity contribution in [3.63, 3.8) is 0 Å². The summed E-state index contributed by atoms with van der Waals surface area (Å²) in [5.41, 5.74) is 2.11. The molecule has 166 valence electrons. The standard InChI is InChI=1S/C23H28FN3O3S/c1-17-7-8-18(24)15-21(17)25-23(28)20-16-19(9-10-22(20)26-11-5-6-12-26)31(29,30)27-13-3-2-4-14-27/h7-10,15-16H,2-6,11-14H2,1H3,(H,25,28). The number of halogens is 1. The van der Waals surface area contributed by atoms with Gasteiger partial charge in [-0.1, -0.05) is 12.5 Å². The first-order valence-corrected chi connectivity index (χ1v) is 12.3. The van der Waals surface area contributed by atoms with Gasteiger partial charge in [0.2, 0.25) is 10.0 Å². The highest BCUT2D eigenvalue weighted by atomic mass is 32.2. The molecule has 31 heavy (non-hydrogen) atoms. The van der Waals surface area contributed by atoms with E-state index in [1.165, 1.54) is 22.5 Å². The molecule has 0 unspecified atom stereocenters. The van der Waals surface area contributed by atoms with Crippen molar-refractivity contribution in [2.45, 2.75) is 43.9 Å². The van der Waals surface area contributed by atoms with Crippen molar-refractivity contribution < 1.29 is 17.6 Å². The van der Waals surface area contributed by atoms with Crippen LogP contribution in [0.15, 0.2) is 41.3 Å². The first-order valence-electron chi connectivity index (χ1n) is 10.8. The van der Waals surface area contributed by atoms with Crippen molar-refractivity contribution in [3.05, 3.63) is 53.3 Å². The van der Waals surface area contributed by atoms with E-state index < -0.39 is 21.7 Å². The van der Waals surface area contributed by atoms with Crippen LogP contribution in [-0.4, -0.2) is 44.8 Å². The van der Waals surface area contributed by atoms with E-state index in [1.54, 1.807) is 25.1 Å². The van der Waals surface area contributed by atoms with Crippen LogP contribution in [0.1, 0.15) is 48.0 Å². The third-order valence-corrected chi connectivity index (χ3v) is 7.95. The Balaban J connectivity index is 1.71. The molecule has 4 rings (SSSR count). The first kappa shape index (κ1) is 21.8. The Labute approximate surface area is 183 Å². The molecule has 2 saturated heterocycles. The smallest absolute Gasteiger partial charge is 0.257 e. The van der Waals surface area contributed by atoms with Gasteiger partial charge in [0, 0.05) is 37.6 Å². The average molecular weight is 446 g/mol. The predicted molar refractivity (Wildman–Crippen MR) is 120 cm³/mol. The summed E-state index contributed by atoms with van der Waals surface area (Å²) in [6, 6.07) is 9.02. The van der Waals surface area contributed by atoms with Gasteiger partial charge in [-0.15, -0.1) is 0 Å². The Morgan fingerprint density at radius 2 is 1.61 bits per heavy atom. The number of nitrogens with zero attached hydrogens (tertiary/aromatic N) is 2. The van der Waals surface area contributed by atoms with Crippen LogP contribution in [0.5, 0.6) is 0 Å². The molecule has 1 N–H and O–H groups in total. The lowest BCUT2D eigenvalue weighted by Crippen LogP contribution is -2.35. The van der Waals surface area contributed by atoms with E-state index in [1.807, 2.05) is 0 Å². The van der Waals surface area contributed by atoms with E-state index in [9.17, 15) is 17.6 Å². The molecule has 0 aromatic heterocycles. The summed E-state index contributed by atoms with van der Waals surface area (Å²) in [6.45, 7) is 4.42. The molecular formula is C23H28FN3O3S. The number of amides is 1. The lowest BCUT2D eigenvalue weighted by atomic mass is 10.1. The van der Waals surface area contributed by atoms with Crippen LogP contribution in [-0.2, 0) is 10.0 Å². The van der Waals surface area contributed by atoms with Crippen LogP contribution < -0.4 is 10.2 Å². The van der Waals surface area contributed by atoms with E-state index in [2.05, 4.69) is 10.2 Å². The number of benzene rings is 2. The Hall–Kier alpha value is -2.45. The molecule has 0 radical (unpaired) electrons. The minimum absolute atomic E-state index is 0.124. The summed E-state index contributed by atoms with van der Waals surface area (Å²) in [7, 11) is -3.67. The summed E-state index contributed by atoms with van der Waals surface area (Å²) >= 11 is 0. The van der Waals surface area contributed by atoms with Crippen LogP contribution in [0.25, 0.3) is 0 Å². The van der Waals surface area contributed by atoms with Crippen molar-refractivity contribution in [1.29, 1.82) is 0 Å². The molecule has 0 atom stereocenters. The maximum atomic E-state index is 13.7. The Morgan fingerprint density at radius 1 is 0.935 bits per heavy atom. The molecule has 0 spiro atoms. The lowest BCUT2D eigenvalue weighted by molar-refractivity contribution is 0.102. The Morgan fingerprint density at radius 3 is 2.32 bits per heavy atom. The van der Waals surface area contributed by atoms with Crippen LogP contribution >= 0.6 is 0 Å². The van der Waals surface area contributed by atoms with Gasteiger partial charge in [-0.25, -0.2) is 12.8 Å². The molecule has 2 aliphatic rings. The van der Waals surface area contributed by atoms with Gasteiger partial charge in [0.05, 0.1) is 10.5 Å². The summed E-state index contributed by atoms with van der Waals surface area (Å²) in [5.74, 6) is -0.881. The number of anilines is 2. The molecule has 2 aliphatic heterocycles. The zero-order valence-corrected chi connectivity index (χ0v) is 18.5. The van der Waals surface area contributed by atoms with Crippen molar-refractivity contribution in [2.24, 2.45) is 0 Å². The largest absolute Gasteiger partial charge is 0.371 e. The number of hydrogen-bond donors (Lipinski definition) is 1. The summed E-state index contributed by atoms with van der Waals surface area (Å²) in [4.78, 5) is 15.5. The molecule has 0 aliphatic carbocycles. The Kier molecular flexibility index (Phi) is 6.29. The topological polar surface area (TPSA) is 69.7 Å². The maximum absolute atomic E-state index is 13.7. The average Bonchev–Trinajstić information content (AvgIpc) is 3.31. The lowest BCUT2D eigenvalue weighted by Gasteiger charge is -2.27. The fourth-order valence-electron chi connectivity index (χ4n) is 4.26. The number of sulfonamides is 1. The first-order chi connectivity index (χ1) is 14.9. The van der Waals surface area contributed by atoms with Crippen molar-refractivity contribution in [2.75, 3.05) is 36.4 Å². The number of aryl methyl sites for hydroxylation is 1. The van der Waals surface area contributed by atoms with Gasteiger partial charge in [-0.2, -0.15) is 4.31 Å². The SMILES string of the molecule is Cc1ccc(F)cc1NC(=O)c1cc(S(=O)(=O)N2CCCCC2)ccc1N1CCCC1. The number of carbonyl (C=O) groups excluding carboxylic acids is 1. The van der Waals surface area contributed by atoms with Crippen LogP contribution in [0, 0.1) is 12.7 Å². The van der Waals surface area contributed by atoms with Gasteiger partial charge in [0.25, 0.3) is 5.91 Å².